The van der Waals surface area contributed by atoms with Gasteiger partial charge >= 0.3 is 0 Å². The van der Waals surface area contributed by atoms with E-state index in [1.165, 1.54) is 68.6 Å². The molecule has 5 rings (SSSR count). The fourth-order valence-electron chi connectivity index (χ4n) is 5.05. The Labute approximate surface area is 215 Å². The van der Waals surface area contributed by atoms with E-state index in [9.17, 15) is 14.9 Å². The van der Waals surface area contributed by atoms with Crippen molar-refractivity contribution < 1.29 is 14.5 Å². The van der Waals surface area contributed by atoms with Crippen LogP contribution >= 0.6 is 11.8 Å². The van der Waals surface area contributed by atoms with Crippen LogP contribution in [0, 0.1) is 10.1 Å². The second-order valence-corrected chi connectivity index (χ2v) is 10.6. The summed E-state index contributed by atoms with van der Waals surface area (Å²) in [6.45, 7) is 0. The maximum atomic E-state index is 13.5. The van der Waals surface area contributed by atoms with Crippen molar-refractivity contribution in [1.29, 1.82) is 0 Å². The van der Waals surface area contributed by atoms with Crippen LogP contribution < -0.4 is 4.74 Å². The lowest BCUT2D eigenvalue weighted by Gasteiger charge is -2.31. The maximum Gasteiger partial charge on any atom is 0.287 e. The van der Waals surface area contributed by atoms with E-state index in [0.29, 0.717) is 16.7 Å². The van der Waals surface area contributed by atoms with Crippen LogP contribution in [0.25, 0.3) is 6.08 Å². The molecule has 3 aliphatic rings. The molecule has 36 heavy (non-hydrogen) atoms. The van der Waals surface area contributed by atoms with Crippen molar-refractivity contribution >= 4 is 34.6 Å². The van der Waals surface area contributed by atoms with Gasteiger partial charge in [-0.25, -0.2) is 4.98 Å². The molecule has 3 fully saturated rings. The van der Waals surface area contributed by atoms with Gasteiger partial charge in [0.25, 0.3) is 11.6 Å². The molecule has 0 N–H and O–H groups in total. The molecule has 0 unspecified atom stereocenters. The number of carbonyl (C=O) groups excluding carboxylic acids is 1. The summed E-state index contributed by atoms with van der Waals surface area (Å²) in [4.78, 5) is 35.6. The highest BCUT2D eigenvalue weighted by molar-refractivity contribution is 8.18. The molecule has 1 aromatic carbocycles. The summed E-state index contributed by atoms with van der Waals surface area (Å²) in [5.41, 5.74) is 0.814. The van der Waals surface area contributed by atoms with Crippen molar-refractivity contribution in [1.82, 2.24) is 9.88 Å². The summed E-state index contributed by atoms with van der Waals surface area (Å²) >= 11 is 1.51. The molecule has 1 aromatic heterocycles. The van der Waals surface area contributed by atoms with Gasteiger partial charge in [0.1, 0.15) is 11.9 Å². The average Bonchev–Trinajstić information content (AvgIpc) is 3.20. The summed E-state index contributed by atoms with van der Waals surface area (Å²) in [6.07, 6.45) is 14.7. The van der Waals surface area contributed by atoms with Crippen LogP contribution in [0.4, 0.5) is 5.69 Å². The van der Waals surface area contributed by atoms with E-state index in [1.807, 2.05) is 23.1 Å². The third-order valence-corrected chi connectivity index (χ3v) is 7.97. The zero-order valence-corrected chi connectivity index (χ0v) is 21.0. The topological polar surface area (TPSA) is 97.9 Å². The predicted octanol–water partition coefficient (Wildman–Crippen LogP) is 6.72. The number of amides is 1. The summed E-state index contributed by atoms with van der Waals surface area (Å²) in [5.74, 6) is 0.907. The Kier molecular flexibility index (Phi) is 7.65. The number of amidine groups is 1. The summed E-state index contributed by atoms with van der Waals surface area (Å²) < 4.78 is 5.70. The number of benzene rings is 1. The fourth-order valence-corrected chi connectivity index (χ4v) is 6.16. The highest BCUT2D eigenvalue weighted by Crippen LogP contribution is 2.38. The van der Waals surface area contributed by atoms with E-state index in [1.54, 1.807) is 12.1 Å². The minimum Gasteiger partial charge on any atom is -0.439 e. The number of aliphatic imine (C=N–C) groups is 1. The molecule has 2 aromatic rings. The van der Waals surface area contributed by atoms with Crippen molar-refractivity contribution in [3.8, 4) is 11.6 Å². The minimum absolute atomic E-state index is 0.0665. The van der Waals surface area contributed by atoms with Crippen molar-refractivity contribution in [3.05, 3.63) is 63.2 Å². The smallest absolute Gasteiger partial charge is 0.287 e. The van der Waals surface area contributed by atoms with Crippen molar-refractivity contribution in [2.75, 3.05) is 0 Å². The number of ether oxygens (including phenoxy) is 1. The largest absolute Gasteiger partial charge is 0.439 e. The van der Waals surface area contributed by atoms with Crippen molar-refractivity contribution in [3.63, 3.8) is 0 Å². The highest BCUT2D eigenvalue weighted by Gasteiger charge is 2.39. The number of thioether (sulfide) groups is 1. The quantitative estimate of drug-likeness (QED) is 0.245. The molecule has 1 aliphatic heterocycles. The second kappa shape index (κ2) is 11.2. The number of nitro groups is 1. The van der Waals surface area contributed by atoms with Crippen LogP contribution in [0.3, 0.4) is 0 Å². The molecule has 0 bridgehead atoms. The van der Waals surface area contributed by atoms with Gasteiger partial charge in [0.15, 0.2) is 5.17 Å². The van der Waals surface area contributed by atoms with Crippen molar-refractivity contribution in [2.45, 2.75) is 76.3 Å². The first-order chi connectivity index (χ1) is 17.6. The second-order valence-electron chi connectivity index (χ2n) is 9.56. The molecule has 188 valence electrons. The monoisotopic (exact) mass is 506 g/mol. The number of pyridine rings is 1. The Bertz CT molecular complexity index is 1150. The van der Waals surface area contributed by atoms with Gasteiger partial charge in [-0.1, -0.05) is 50.7 Å². The molecule has 2 aliphatic carbocycles. The van der Waals surface area contributed by atoms with E-state index in [0.717, 1.165) is 36.4 Å². The third-order valence-electron chi connectivity index (χ3n) is 6.98. The standard InChI is InChI=1S/C27H30N4O4S/c32-26-24(17-19-11-14-23(15-12-19)35-25-16-13-22(18-28-25)31(33)34)36-27(29-20-7-3-1-4-8-20)30(26)21-9-5-2-6-10-21/h11-18,20-21H,1-10H2. The average molecular weight is 507 g/mol. The first kappa shape index (κ1) is 24.5. The number of hydrogen-bond donors (Lipinski definition) is 0. The van der Waals surface area contributed by atoms with Crippen LogP contribution in [0.2, 0.25) is 0 Å². The summed E-state index contributed by atoms with van der Waals surface area (Å²) in [7, 11) is 0. The van der Waals surface area contributed by atoms with Gasteiger partial charge in [0.2, 0.25) is 5.88 Å². The van der Waals surface area contributed by atoms with E-state index in [-0.39, 0.29) is 23.5 Å². The number of carbonyl (C=O) groups is 1. The molecule has 1 saturated heterocycles. The Balaban J connectivity index is 1.32. The lowest BCUT2D eigenvalue weighted by Crippen LogP contribution is -2.41. The molecule has 0 spiro atoms. The molecule has 8 nitrogen and oxygen atoms in total. The third kappa shape index (κ3) is 5.78. The number of aromatic nitrogens is 1. The number of hydrogen-bond acceptors (Lipinski definition) is 7. The molecule has 2 saturated carbocycles. The Morgan fingerprint density at radius 1 is 1.00 bits per heavy atom. The van der Waals surface area contributed by atoms with Gasteiger partial charge in [0.05, 0.1) is 15.9 Å². The van der Waals surface area contributed by atoms with E-state index in [4.69, 9.17) is 9.73 Å². The first-order valence-electron chi connectivity index (χ1n) is 12.8. The highest BCUT2D eigenvalue weighted by atomic mass is 32.2. The first-order valence-corrected chi connectivity index (χ1v) is 13.6. The minimum atomic E-state index is -0.498. The van der Waals surface area contributed by atoms with Crippen LogP contribution in [-0.4, -0.2) is 38.0 Å². The van der Waals surface area contributed by atoms with Gasteiger partial charge in [-0.3, -0.25) is 24.8 Å². The molecule has 0 radical (unpaired) electrons. The molecule has 2 heterocycles. The lowest BCUT2D eigenvalue weighted by atomic mass is 9.94. The van der Waals surface area contributed by atoms with Gasteiger partial charge in [0, 0.05) is 18.2 Å². The van der Waals surface area contributed by atoms with Gasteiger partial charge in [-0.15, -0.1) is 0 Å². The van der Waals surface area contributed by atoms with E-state index < -0.39 is 4.92 Å². The summed E-state index contributed by atoms with van der Waals surface area (Å²) in [5, 5.41) is 11.7. The lowest BCUT2D eigenvalue weighted by molar-refractivity contribution is -0.385. The van der Waals surface area contributed by atoms with E-state index >= 15 is 0 Å². The van der Waals surface area contributed by atoms with Gasteiger partial charge in [-0.05, 0) is 61.2 Å². The van der Waals surface area contributed by atoms with E-state index in [2.05, 4.69) is 4.98 Å². The summed E-state index contributed by atoms with van der Waals surface area (Å²) in [6, 6.07) is 10.8. The molecular weight excluding hydrogens is 476 g/mol. The Hall–Kier alpha value is -3.20. The fraction of sp³-hybridized carbons (Fsp3) is 0.444. The normalized spacial score (nSPS) is 21.9. The maximum absolute atomic E-state index is 13.5. The number of rotatable bonds is 6. The Morgan fingerprint density at radius 2 is 1.69 bits per heavy atom. The predicted molar refractivity (Wildman–Crippen MR) is 141 cm³/mol. The number of nitrogens with zero attached hydrogens (tertiary/aromatic N) is 4. The molecule has 1 amide bonds. The van der Waals surface area contributed by atoms with Crippen LogP contribution in [0.15, 0.2) is 52.5 Å². The van der Waals surface area contributed by atoms with Gasteiger partial charge < -0.3 is 4.74 Å². The molecule has 0 atom stereocenters. The van der Waals surface area contributed by atoms with Crippen LogP contribution in [0.5, 0.6) is 11.6 Å². The van der Waals surface area contributed by atoms with Gasteiger partial charge in [-0.2, -0.15) is 0 Å². The molecular formula is C27H30N4O4S. The molecule has 9 heteroatoms. The van der Waals surface area contributed by atoms with Crippen LogP contribution in [-0.2, 0) is 4.79 Å². The van der Waals surface area contributed by atoms with Crippen LogP contribution in [0.1, 0.15) is 69.8 Å². The zero-order valence-electron chi connectivity index (χ0n) is 20.2. The van der Waals surface area contributed by atoms with Crippen molar-refractivity contribution in [2.24, 2.45) is 4.99 Å². The Morgan fingerprint density at radius 3 is 2.33 bits per heavy atom. The zero-order chi connectivity index (χ0) is 24.9. The SMILES string of the molecule is O=C1C(=Cc2ccc(Oc3ccc([N+](=O)[O-])cn3)cc2)SC(=NC2CCCCC2)N1C1CCCCC1.